The average molecular weight is 289 g/mol. The molecule has 0 aromatic heterocycles. The molecular weight excluding hydrogens is 269 g/mol. The second-order valence-electron chi connectivity index (χ2n) is 4.78. The highest BCUT2D eigenvalue weighted by atomic mass is 19.1. The maximum absolute atomic E-state index is 12.9. The van der Waals surface area contributed by atoms with Crippen LogP contribution in [0, 0.1) is 5.82 Å². The van der Waals surface area contributed by atoms with Gasteiger partial charge in [-0.25, -0.2) is 4.39 Å². The second-order valence-corrected chi connectivity index (χ2v) is 4.78. The Balaban J connectivity index is 2.10. The van der Waals surface area contributed by atoms with E-state index in [1.165, 1.54) is 12.1 Å². The molecular formula is C17H20FNO2. The van der Waals surface area contributed by atoms with E-state index in [9.17, 15) is 4.39 Å². The molecule has 0 bridgehead atoms. The average Bonchev–Trinajstić information content (AvgIpc) is 2.49. The highest BCUT2D eigenvalue weighted by Gasteiger charge is 2.18. The summed E-state index contributed by atoms with van der Waals surface area (Å²) in [5.74, 6) is 1.07. The number of rotatable bonds is 6. The van der Waals surface area contributed by atoms with Gasteiger partial charge in [-0.1, -0.05) is 24.3 Å². The summed E-state index contributed by atoms with van der Waals surface area (Å²) in [6.45, 7) is 4.37. The number of halogens is 1. The molecule has 0 aliphatic rings. The number of para-hydroxylation sites is 2. The van der Waals surface area contributed by atoms with Gasteiger partial charge in [0.25, 0.3) is 0 Å². The first-order valence-electron chi connectivity index (χ1n) is 7.01. The summed E-state index contributed by atoms with van der Waals surface area (Å²) in [6.07, 6.45) is -0.267. The lowest BCUT2D eigenvalue weighted by Crippen LogP contribution is -2.28. The minimum Gasteiger partial charge on any atom is -0.490 e. The molecule has 3 nitrogen and oxygen atoms in total. The van der Waals surface area contributed by atoms with Crippen molar-refractivity contribution >= 4 is 0 Å². The molecule has 0 saturated carbocycles. The molecule has 0 radical (unpaired) electrons. The van der Waals surface area contributed by atoms with Crippen LogP contribution >= 0.6 is 0 Å². The van der Waals surface area contributed by atoms with Gasteiger partial charge in [0.05, 0.1) is 12.6 Å². The normalized spacial score (nSPS) is 13.5. The van der Waals surface area contributed by atoms with Crippen molar-refractivity contribution in [3.8, 4) is 11.5 Å². The van der Waals surface area contributed by atoms with E-state index in [2.05, 4.69) is 0 Å². The topological polar surface area (TPSA) is 44.5 Å². The van der Waals surface area contributed by atoms with E-state index in [-0.39, 0.29) is 18.0 Å². The van der Waals surface area contributed by atoms with E-state index in [4.69, 9.17) is 15.2 Å². The zero-order valence-corrected chi connectivity index (χ0v) is 12.3. The predicted octanol–water partition coefficient (Wildman–Crippen LogP) is 3.69. The van der Waals surface area contributed by atoms with Crippen LogP contribution in [-0.4, -0.2) is 12.7 Å². The van der Waals surface area contributed by atoms with Crippen LogP contribution in [0.2, 0.25) is 0 Å². The van der Waals surface area contributed by atoms with Crippen molar-refractivity contribution in [2.24, 2.45) is 5.73 Å². The molecule has 4 heteroatoms. The lowest BCUT2D eigenvalue weighted by Gasteiger charge is -2.23. The number of ether oxygens (including phenoxy) is 2. The zero-order valence-electron chi connectivity index (χ0n) is 12.3. The summed E-state index contributed by atoms with van der Waals surface area (Å²) in [4.78, 5) is 0. The van der Waals surface area contributed by atoms with Crippen LogP contribution in [0.15, 0.2) is 48.5 Å². The third-order valence-electron chi connectivity index (χ3n) is 3.22. The van der Waals surface area contributed by atoms with Gasteiger partial charge in [0.1, 0.15) is 11.9 Å². The van der Waals surface area contributed by atoms with Crippen LogP contribution < -0.4 is 15.2 Å². The minimum absolute atomic E-state index is 0.267. The summed E-state index contributed by atoms with van der Waals surface area (Å²) in [7, 11) is 0. The molecule has 0 amide bonds. The van der Waals surface area contributed by atoms with E-state index in [1.54, 1.807) is 12.1 Å². The SMILES string of the molecule is CCOc1ccccc1OC(C)C(N)c1ccc(F)cc1. The van der Waals surface area contributed by atoms with Crippen molar-refractivity contribution in [3.05, 3.63) is 59.9 Å². The maximum atomic E-state index is 12.9. The molecule has 21 heavy (non-hydrogen) atoms. The molecule has 2 rings (SSSR count). The first-order valence-corrected chi connectivity index (χ1v) is 7.01. The molecule has 2 N–H and O–H groups in total. The third kappa shape index (κ3) is 3.95. The third-order valence-corrected chi connectivity index (χ3v) is 3.22. The van der Waals surface area contributed by atoms with Crippen LogP contribution in [0.4, 0.5) is 4.39 Å². The Labute approximate surface area is 124 Å². The molecule has 2 aromatic carbocycles. The van der Waals surface area contributed by atoms with Crippen LogP contribution in [0.3, 0.4) is 0 Å². The Morgan fingerprint density at radius 2 is 1.67 bits per heavy atom. The van der Waals surface area contributed by atoms with Crippen LogP contribution in [0.5, 0.6) is 11.5 Å². The van der Waals surface area contributed by atoms with E-state index in [1.807, 2.05) is 38.1 Å². The number of hydrogen-bond donors (Lipinski definition) is 1. The first-order chi connectivity index (χ1) is 10.1. The lowest BCUT2D eigenvalue weighted by atomic mass is 10.0. The zero-order chi connectivity index (χ0) is 15.2. The quantitative estimate of drug-likeness (QED) is 0.882. The van der Waals surface area contributed by atoms with Crippen molar-refractivity contribution in [1.29, 1.82) is 0 Å². The van der Waals surface area contributed by atoms with Gasteiger partial charge >= 0.3 is 0 Å². The summed E-state index contributed by atoms with van der Waals surface area (Å²) in [5, 5.41) is 0. The highest BCUT2D eigenvalue weighted by molar-refractivity contribution is 5.39. The van der Waals surface area contributed by atoms with Crippen molar-refractivity contribution in [1.82, 2.24) is 0 Å². The van der Waals surface area contributed by atoms with Gasteiger partial charge in [0.2, 0.25) is 0 Å². The summed E-state index contributed by atoms with van der Waals surface area (Å²) >= 11 is 0. The van der Waals surface area contributed by atoms with Crippen LogP contribution in [0.1, 0.15) is 25.5 Å². The van der Waals surface area contributed by atoms with Crippen molar-refractivity contribution in [2.75, 3.05) is 6.61 Å². The van der Waals surface area contributed by atoms with Gasteiger partial charge in [-0.3, -0.25) is 0 Å². The largest absolute Gasteiger partial charge is 0.490 e. The Kier molecular flexibility index (Phi) is 5.17. The van der Waals surface area contributed by atoms with Gasteiger partial charge in [0.15, 0.2) is 11.5 Å². The van der Waals surface area contributed by atoms with Crippen LogP contribution in [0.25, 0.3) is 0 Å². The Morgan fingerprint density at radius 3 is 2.29 bits per heavy atom. The molecule has 2 aromatic rings. The van der Waals surface area contributed by atoms with E-state index in [0.717, 1.165) is 5.56 Å². The molecule has 2 atom stereocenters. The van der Waals surface area contributed by atoms with E-state index >= 15 is 0 Å². The van der Waals surface area contributed by atoms with E-state index in [0.29, 0.717) is 18.1 Å². The molecule has 0 saturated heterocycles. The summed E-state index contributed by atoms with van der Waals surface area (Å²) < 4.78 is 24.4. The first kappa shape index (κ1) is 15.3. The molecule has 0 aliphatic carbocycles. The molecule has 0 fully saturated rings. The van der Waals surface area contributed by atoms with Crippen LogP contribution in [-0.2, 0) is 0 Å². The molecule has 2 unspecified atom stereocenters. The van der Waals surface area contributed by atoms with Gasteiger partial charge in [0, 0.05) is 0 Å². The number of nitrogens with two attached hydrogens (primary N) is 1. The fourth-order valence-electron chi connectivity index (χ4n) is 2.05. The molecule has 0 spiro atoms. The second kappa shape index (κ2) is 7.09. The van der Waals surface area contributed by atoms with Crippen molar-refractivity contribution in [3.63, 3.8) is 0 Å². The highest BCUT2D eigenvalue weighted by Crippen LogP contribution is 2.29. The minimum atomic E-state index is -0.347. The number of benzene rings is 2. The summed E-state index contributed by atoms with van der Waals surface area (Å²) in [6, 6.07) is 13.3. The monoisotopic (exact) mass is 289 g/mol. The fraction of sp³-hybridized carbons (Fsp3) is 0.294. The standard InChI is InChI=1S/C17H20FNO2/c1-3-20-15-6-4-5-7-16(15)21-12(2)17(19)13-8-10-14(18)11-9-13/h4-12,17H,3,19H2,1-2H3. The molecule has 0 aliphatic heterocycles. The Bertz CT molecular complexity index is 571. The molecule has 112 valence electrons. The molecule has 0 heterocycles. The van der Waals surface area contributed by atoms with Crippen molar-refractivity contribution in [2.45, 2.75) is 26.0 Å². The van der Waals surface area contributed by atoms with E-state index < -0.39 is 0 Å². The number of hydrogen-bond acceptors (Lipinski definition) is 3. The Morgan fingerprint density at radius 1 is 1.05 bits per heavy atom. The maximum Gasteiger partial charge on any atom is 0.161 e. The van der Waals surface area contributed by atoms with Crippen molar-refractivity contribution < 1.29 is 13.9 Å². The summed E-state index contributed by atoms with van der Waals surface area (Å²) in [5.41, 5.74) is 7.00. The van der Waals surface area contributed by atoms with Gasteiger partial charge in [-0.15, -0.1) is 0 Å². The lowest BCUT2D eigenvalue weighted by molar-refractivity contribution is 0.180. The predicted molar refractivity (Wildman–Crippen MR) is 81.0 cm³/mol. The fourth-order valence-corrected chi connectivity index (χ4v) is 2.05. The smallest absolute Gasteiger partial charge is 0.161 e. The van der Waals surface area contributed by atoms with Gasteiger partial charge in [-0.2, -0.15) is 0 Å². The van der Waals surface area contributed by atoms with Gasteiger partial charge in [-0.05, 0) is 43.7 Å². The van der Waals surface area contributed by atoms with Gasteiger partial charge < -0.3 is 15.2 Å². The Hall–Kier alpha value is -2.07.